The van der Waals surface area contributed by atoms with Crippen molar-refractivity contribution in [1.29, 1.82) is 0 Å². The number of halogens is 1. The molecule has 2 aromatic carbocycles. The molecule has 0 fully saturated rings. The normalized spacial score (nSPS) is 13.3. The lowest BCUT2D eigenvalue weighted by atomic mass is 10.1. The van der Waals surface area contributed by atoms with Crippen LogP contribution in [0, 0.1) is 0 Å². The average molecular weight is 423 g/mol. The molecule has 6 heteroatoms. The summed E-state index contributed by atoms with van der Waals surface area (Å²) in [7, 11) is 0. The first-order valence-corrected chi connectivity index (χ1v) is 10.8. The third-order valence-electron chi connectivity index (χ3n) is 4.82. The number of hydrogen-bond acceptors (Lipinski definition) is 4. The van der Waals surface area contributed by atoms with Crippen molar-refractivity contribution in [1.82, 2.24) is 14.9 Å². The van der Waals surface area contributed by atoms with Crippen LogP contribution in [-0.4, -0.2) is 16.1 Å². The molecule has 1 aromatic heterocycles. The molecule has 0 saturated carbocycles. The number of benzene rings is 2. The van der Waals surface area contributed by atoms with E-state index in [1.165, 1.54) is 5.57 Å². The Balaban J connectivity index is 1.84. The van der Waals surface area contributed by atoms with Gasteiger partial charge in [0.1, 0.15) is 16.5 Å². The molecule has 0 saturated heterocycles. The van der Waals surface area contributed by atoms with Crippen molar-refractivity contribution in [2.24, 2.45) is 5.73 Å². The second kappa shape index (κ2) is 8.91. The van der Waals surface area contributed by atoms with Gasteiger partial charge in [0.25, 0.3) is 0 Å². The van der Waals surface area contributed by atoms with Gasteiger partial charge in [-0.3, -0.25) is 0 Å². The summed E-state index contributed by atoms with van der Waals surface area (Å²) in [6, 6.07) is 16.3. The van der Waals surface area contributed by atoms with Crippen molar-refractivity contribution < 1.29 is 0 Å². The zero-order valence-electron chi connectivity index (χ0n) is 16.2. The Morgan fingerprint density at radius 3 is 2.52 bits per heavy atom. The van der Waals surface area contributed by atoms with Crippen molar-refractivity contribution in [3.63, 3.8) is 0 Å². The maximum absolute atomic E-state index is 6.08. The van der Waals surface area contributed by atoms with Crippen LogP contribution in [0.25, 0.3) is 16.8 Å². The number of nitrogens with one attached hydrogen (secondary N) is 1. The summed E-state index contributed by atoms with van der Waals surface area (Å²) in [5.74, 6) is 0.999. The van der Waals surface area contributed by atoms with Gasteiger partial charge in [-0.15, -0.1) is 0 Å². The minimum atomic E-state index is 0.534. The van der Waals surface area contributed by atoms with Crippen LogP contribution in [0.5, 0.6) is 0 Å². The molecule has 0 aliphatic carbocycles. The fourth-order valence-corrected chi connectivity index (χ4v) is 4.50. The van der Waals surface area contributed by atoms with Crippen LogP contribution < -0.4 is 11.1 Å². The van der Waals surface area contributed by atoms with E-state index in [2.05, 4.69) is 47.1 Å². The van der Waals surface area contributed by atoms with Crippen LogP contribution in [0.4, 0.5) is 0 Å². The first kappa shape index (κ1) is 19.8. The van der Waals surface area contributed by atoms with Crippen LogP contribution in [-0.2, 0) is 13.1 Å². The van der Waals surface area contributed by atoms with Gasteiger partial charge < -0.3 is 15.6 Å². The molecule has 0 atom stereocenters. The zero-order valence-corrected chi connectivity index (χ0v) is 17.8. The molecule has 1 aliphatic rings. The Kier molecular flexibility index (Phi) is 6.09. The molecule has 2 heterocycles. The molecule has 1 aliphatic heterocycles. The standard InChI is InChI=1S/C23H23ClN4S/c1-2-28-22(18-4-3-13-26-15-18)27-21(17-7-5-16(14-25)6-8-17)23(28)29-20-11-9-19(24)10-12-20/h3-13,26H,2,14-15,25H2,1H3. The number of hydrogen-bond donors (Lipinski definition) is 2. The lowest BCUT2D eigenvalue weighted by molar-refractivity contribution is 0.686. The number of dihydropyridines is 1. The lowest BCUT2D eigenvalue weighted by Crippen LogP contribution is -2.15. The highest BCUT2D eigenvalue weighted by Crippen LogP contribution is 2.38. The molecule has 3 N–H and O–H groups in total. The van der Waals surface area contributed by atoms with Crippen LogP contribution in [0.15, 0.2) is 76.8 Å². The summed E-state index contributed by atoms with van der Waals surface area (Å²) in [5.41, 5.74) is 10.1. The molecule has 0 radical (unpaired) electrons. The summed E-state index contributed by atoms with van der Waals surface area (Å²) >= 11 is 7.79. The molecule has 29 heavy (non-hydrogen) atoms. The number of nitrogens with zero attached hydrogens (tertiary/aromatic N) is 2. The van der Waals surface area contributed by atoms with Gasteiger partial charge in [-0.2, -0.15) is 0 Å². The summed E-state index contributed by atoms with van der Waals surface area (Å²) < 4.78 is 2.29. The topological polar surface area (TPSA) is 55.9 Å². The first-order valence-electron chi connectivity index (χ1n) is 9.62. The van der Waals surface area contributed by atoms with Crippen LogP contribution in [0.1, 0.15) is 18.3 Å². The lowest BCUT2D eigenvalue weighted by Gasteiger charge is -2.14. The molecular formula is C23H23ClN4S. The van der Waals surface area contributed by atoms with E-state index in [4.69, 9.17) is 22.3 Å². The maximum Gasteiger partial charge on any atom is 0.139 e. The quantitative estimate of drug-likeness (QED) is 0.563. The van der Waals surface area contributed by atoms with Gasteiger partial charge in [-0.25, -0.2) is 4.98 Å². The molecule has 0 spiro atoms. The van der Waals surface area contributed by atoms with Gasteiger partial charge in [0, 0.05) is 40.7 Å². The van der Waals surface area contributed by atoms with Gasteiger partial charge in [0.15, 0.2) is 0 Å². The number of nitrogens with two attached hydrogens (primary N) is 1. The fourth-order valence-electron chi connectivity index (χ4n) is 3.29. The van der Waals surface area contributed by atoms with Gasteiger partial charge in [0.05, 0.1) is 0 Å². The molecule has 148 valence electrons. The third kappa shape index (κ3) is 4.27. The number of rotatable bonds is 6. The average Bonchev–Trinajstić information content (AvgIpc) is 3.14. The van der Waals surface area contributed by atoms with E-state index in [0.29, 0.717) is 6.54 Å². The monoisotopic (exact) mass is 422 g/mol. The molecule has 0 bridgehead atoms. The van der Waals surface area contributed by atoms with Gasteiger partial charge in [-0.05, 0) is 49.0 Å². The van der Waals surface area contributed by atoms with Gasteiger partial charge >= 0.3 is 0 Å². The SMILES string of the molecule is CCn1c(C2=CC=CNC2)nc(-c2ccc(CN)cc2)c1Sc1ccc(Cl)cc1. The highest BCUT2D eigenvalue weighted by atomic mass is 35.5. The van der Waals surface area contributed by atoms with Crippen molar-refractivity contribution >= 4 is 28.9 Å². The number of aromatic nitrogens is 2. The minimum absolute atomic E-state index is 0.534. The summed E-state index contributed by atoms with van der Waals surface area (Å²) in [4.78, 5) is 6.22. The highest BCUT2D eigenvalue weighted by molar-refractivity contribution is 7.99. The van der Waals surface area contributed by atoms with E-state index >= 15 is 0 Å². The fraction of sp³-hybridized carbons (Fsp3) is 0.174. The van der Waals surface area contributed by atoms with E-state index in [0.717, 1.165) is 50.7 Å². The van der Waals surface area contributed by atoms with Gasteiger partial charge in [0.2, 0.25) is 0 Å². The largest absolute Gasteiger partial charge is 0.387 e. The smallest absolute Gasteiger partial charge is 0.139 e. The third-order valence-corrected chi connectivity index (χ3v) is 6.19. The first-order chi connectivity index (χ1) is 14.2. The van der Waals surface area contributed by atoms with Gasteiger partial charge in [-0.1, -0.05) is 53.7 Å². The summed E-state index contributed by atoms with van der Waals surface area (Å²) in [5, 5.41) is 5.15. The Labute approximate surface area is 180 Å². The molecule has 4 nitrogen and oxygen atoms in total. The van der Waals surface area contributed by atoms with Crippen LogP contribution >= 0.6 is 23.4 Å². The maximum atomic E-state index is 6.08. The van der Waals surface area contributed by atoms with E-state index < -0.39 is 0 Å². The van der Waals surface area contributed by atoms with E-state index in [-0.39, 0.29) is 0 Å². The highest BCUT2D eigenvalue weighted by Gasteiger charge is 2.21. The molecule has 0 unspecified atom stereocenters. The van der Waals surface area contributed by atoms with E-state index in [1.54, 1.807) is 11.8 Å². The van der Waals surface area contributed by atoms with Crippen molar-refractivity contribution in [2.45, 2.75) is 29.9 Å². The molecule has 3 aromatic rings. The Bertz CT molecular complexity index is 1050. The van der Waals surface area contributed by atoms with Crippen molar-refractivity contribution in [2.75, 3.05) is 6.54 Å². The number of imidazole rings is 1. The zero-order chi connectivity index (χ0) is 20.2. The second-order valence-electron chi connectivity index (χ2n) is 6.72. The summed E-state index contributed by atoms with van der Waals surface area (Å²) in [6.45, 7) is 4.29. The molecule has 4 rings (SSSR count). The Morgan fingerprint density at radius 2 is 1.90 bits per heavy atom. The van der Waals surface area contributed by atoms with Crippen molar-refractivity contribution in [3.8, 4) is 11.3 Å². The Hall–Kier alpha value is -2.47. The van der Waals surface area contributed by atoms with Crippen molar-refractivity contribution in [3.05, 3.63) is 83.3 Å². The Morgan fingerprint density at radius 1 is 1.14 bits per heavy atom. The molecule has 0 amide bonds. The predicted octanol–water partition coefficient (Wildman–Crippen LogP) is 5.33. The molecular weight excluding hydrogens is 400 g/mol. The summed E-state index contributed by atoms with van der Waals surface area (Å²) in [6.07, 6.45) is 6.11. The van der Waals surface area contributed by atoms with E-state index in [9.17, 15) is 0 Å². The van der Waals surface area contributed by atoms with E-state index in [1.807, 2.05) is 36.5 Å². The van der Waals surface area contributed by atoms with Crippen LogP contribution in [0.2, 0.25) is 5.02 Å². The second-order valence-corrected chi connectivity index (χ2v) is 8.22. The minimum Gasteiger partial charge on any atom is -0.387 e. The van der Waals surface area contributed by atoms with Crippen LogP contribution in [0.3, 0.4) is 0 Å². The predicted molar refractivity (Wildman–Crippen MR) is 122 cm³/mol. The number of allylic oxidation sites excluding steroid dienone is 2.